The number of nitrogens with zero attached hydrogens (tertiary/aromatic N) is 3. The van der Waals surface area contributed by atoms with Gasteiger partial charge in [-0.05, 0) is 81.0 Å². The number of carboxylic acid groups (broad SMARTS) is 1. The molecule has 1 aliphatic rings. The van der Waals surface area contributed by atoms with Crippen molar-refractivity contribution in [3.8, 4) is 0 Å². The van der Waals surface area contributed by atoms with Gasteiger partial charge in [0.2, 0.25) is 53.2 Å². The van der Waals surface area contributed by atoms with Gasteiger partial charge in [0.05, 0.1) is 18.9 Å². The van der Waals surface area contributed by atoms with Gasteiger partial charge in [0.15, 0.2) is 7.37 Å². The first-order valence-corrected chi connectivity index (χ1v) is 27.6. The summed E-state index contributed by atoms with van der Waals surface area (Å²) in [5.74, 6) is -9.07. The number of aromatic amines is 2. The molecule has 28 nitrogen and oxygen atoms in total. The van der Waals surface area contributed by atoms with Crippen molar-refractivity contribution in [1.29, 1.82) is 0 Å². The van der Waals surface area contributed by atoms with Gasteiger partial charge in [-0.15, -0.1) is 0 Å². The van der Waals surface area contributed by atoms with E-state index in [4.69, 9.17) is 30.1 Å². The molecule has 5 rings (SSSR count). The van der Waals surface area contributed by atoms with Crippen molar-refractivity contribution in [1.82, 2.24) is 57.1 Å². The summed E-state index contributed by atoms with van der Waals surface area (Å²) in [6.45, 7) is 3.27. The van der Waals surface area contributed by atoms with E-state index in [1.54, 1.807) is 68.6 Å². The van der Waals surface area contributed by atoms with Crippen molar-refractivity contribution < 1.29 is 54.5 Å². The van der Waals surface area contributed by atoms with Gasteiger partial charge in [-0.3, -0.25) is 52.9 Å². The van der Waals surface area contributed by atoms with E-state index in [9.17, 15) is 53.1 Å². The molecule has 2 aromatic carbocycles. The molecule has 0 aliphatic carbocycles. The van der Waals surface area contributed by atoms with Crippen LogP contribution in [0.2, 0.25) is 1.41 Å². The average molecular weight is 1160 g/mol. The van der Waals surface area contributed by atoms with Crippen LogP contribution in [0, 0.1) is 5.92 Å². The highest BCUT2D eigenvalue weighted by Crippen LogP contribution is 2.22. The first-order valence-electron chi connectivity index (χ1n) is 28.0. The number of nitrogens with one attached hydrogen (secondary N) is 9. The van der Waals surface area contributed by atoms with E-state index in [1.165, 1.54) is 17.4 Å². The molecule has 0 bridgehead atoms. The molecule has 2 aromatic heterocycles. The minimum absolute atomic E-state index is 0.00695. The number of H-pyrrole nitrogens is 2. The molecule has 0 saturated carbocycles. The summed E-state index contributed by atoms with van der Waals surface area (Å²) in [5.41, 5.74) is 30.7. The van der Waals surface area contributed by atoms with Gasteiger partial charge >= 0.3 is 5.97 Å². The number of fused-ring (bicyclic) bond motifs is 1. The molecule has 83 heavy (non-hydrogen) atoms. The van der Waals surface area contributed by atoms with Crippen LogP contribution in [0.15, 0.2) is 78.3 Å². The number of imidazole rings is 1. The van der Waals surface area contributed by atoms with Crippen LogP contribution >= 0.6 is 0 Å². The monoisotopic (exact) mass is 1150 g/mol. The summed E-state index contributed by atoms with van der Waals surface area (Å²) in [7, 11) is 0. The zero-order valence-electron chi connectivity index (χ0n) is 47.6. The highest BCUT2D eigenvalue weighted by molar-refractivity contribution is 5.98. The zero-order chi connectivity index (χ0) is 61.5. The molecule has 8 atom stereocenters. The molecule has 1 aliphatic heterocycles. The molecule has 20 N–H and O–H groups in total. The maximum Gasteiger partial charge on any atom is 0.303 e. The third-order valence-electron chi connectivity index (χ3n) is 13.9. The standard InChI is InChI=1S/C55H79N17O11/c1-31(2)46(47(58)76)71-53(82)43-18-11-23-72(43)54(83)39(16-8-9-21-56)66-44(73)29-64-49(78)41(25-33-27-63-37-15-7-6-14-35(33)37)70-50(79)38(17-10-22-62-55(59)60)67-51(80)40(24-32-12-4-3-5-13-32)69-52(81)42(26-34-28-61-30-65-34)68-48(77)36(57)19-20-45(74)75/h3-7,12-15,27-28,30-31,36,38-43,46,63H,8-11,16-26,29,56-57H2,1-2H3,(H2,58,76)(H,61,65)(H,64,78)(H,66,73)(H,67,80)(H,68,77)(H,69,81)(H,70,79)(H,71,82)(H,74,75)(H4,59,60,62)/t36-,38-,39-,40-,41-,42-,43-,46-/m0/s1/i/hD. The lowest BCUT2D eigenvalue weighted by molar-refractivity contribution is -0.142. The molecule has 1 fully saturated rings. The number of aliphatic imine (C=N–C) groups is 1. The lowest BCUT2D eigenvalue weighted by atomic mass is 10.0. The molecule has 0 unspecified atom stereocenters. The molecular formula is C55H79N17O11. The summed E-state index contributed by atoms with van der Waals surface area (Å²) in [4.78, 5) is 152. The van der Waals surface area contributed by atoms with Crippen molar-refractivity contribution in [2.75, 3.05) is 26.2 Å². The minimum Gasteiger partial charge on any atom is -0.481 e. The maximum absolute atomic E-state index is 14.7. The van der Waals surface area contributed by atoms with Gasteiger partial charge in [-0.25, -0.2) is 4.98 Å². The Hall–Kier alpha value is -8.92. The van der Waals surface area contributed by atoms with Crippen molar-refractivity contribution in [3.05, 3.63) is 90.1 Å². The van der Waals surface area contributed by atoms with E-state index in [1.807, 2.05) is 6.07 Å². The SMILES string of the molecule is [2H]N(C(=O)[C@@H](N)CCC(=O)O)[C@@H](Cc1cnc[nH]1)C(=O)N[C@@H](Cc1ccccc1)C(=O)N[C@@H](CCCN=C(N)N)C(=O)N[C@@H](Cc1c[nH]c2ccccc12)C(=O)NCC(=O)N[C@@H](CCCCN)C(=O)N1CCC[C@H]1C(=O)N[C@H](C(N)=O)C(C)C. The number of rotatable bonds is 34. The van der Waals surface area contributed by atoms with Crippen molar-refractivity contribution in [3.63, 3.8) is 0 Å². The van der Waals surface area contributed by atoms with Crippen LogP contribution in [-0.2, 0) is 67.2 Å². The number of carbonyl (C=O) groups is 10. The molecule has 9 amide bonds. The third-order valence-corrected chi connectivity index (χ3v) is 13.9. The Morgan fingerprint density at radius 3 is 2.08 bits per heavy atom. The topological polar surface area (TPSA) is 465 Å². The lowest BCUT2D eigenvalue weighted by Crippen LogP contribution is -2.60. The number of benzene rings is 2. The van der Waals surface area contributed by atoms with Gasteiger partial charge in [0.1, 0.15) is 42.3 Å². The van der Waals surface area contributed by atoms with Gasteiger partial charge in [0.25, 0.3) is 0 Å². The van der Waals surface area contributed by atoms with Crippen molar-refractivity contribution in [2.24, 2.45) is 39.6 Å². The Kier molecular flexibility index (Phi) is 24.8. The van der Waals surface area contributed by atoms with Gasteiger partial charge < -0.3 is 85.9 Å². The average Bonchev–Trinajstić information content (AvgIpc) is 4.41. The van der Waals surface area contributed by atoms with Crippen LogP contribution in [0.25, 0.3) is 10.9 Å². The first-order chi connectivity index (χ1) is 40.1. The number of guanidine groups is 1. The summed E-state index contributed by atoms with van der Waals surface area (Å²) in [5, 5.41) is 26.3. The first kappa shape index (κ1) is 63.3. The highest BCUT2D eigenvalue weighted by Gasteiger charge is 2.39. The van der Waals surface area contributed by atoms with E-state index in [0.717, 1.165) is 5.52 Å². The fourth-order valence-corrected chi connectivity index (χ4v) is 9.43. The Balaban J connectivity index is 1.40. The van der Waals surface area contributed by atoms with Gasteiger partial charge in [-0.1, -0.05) is 62.4 Å². The van der Waals surface area contributed by atoms with Crippen LogP contribution in [0.3, 0.4) is 0 Å². The Labute approximate surface area is 481 Å². The molecular weight excluding hydrogens is 1070 g/mol. The number of carboxylic acids is 1. The number of aromatic nitrogens is 3. The number of para-hydroxylation sites is 1. The number of carbonyl (C=O) groups excluding carboxylic acids is 9. The zero-order valence-corrected chi connectivity index (χ0v) is 46.6. The van der Waals surface area contributed by atoms with Crippen LogP contribution in [0.4, 0.5) is 0 Å². The van der Waals surface area contributed by atoms with E-state index in [2.05, 4.69) is 51.8 Å². The molecule has 3 heterocycles. The van der Waals surface area contributed by atoms with Crippen LogP contribution < -0.4 is 65.9 Å². The molecule has 0 spiro atoms. The predicted molar refractivity (Wildman–Crippen MR) is 305 cm³/mol. The number of nitrogens with two attached hydrogens (primary N) is 5. The fraction of sp³-hybridized carbons (Fsp3) is 0.491. The molecule has 1 saturated heterocycles. The number of amides is 9. The summed E-state index contributed by atoms with van der Waals surface area (Å²) >= 11 is 0. The van der Waals surface area contributed by atoms with Crippen molar-refractivity contribution >= 4 is 76.0 Å². The van der Waals surface area contributed by atoms with E-state index in [0.29, 0.717) is 59.7 Å². The Morgan fingerprint density at radius 1 is 0.759 bits per heavy atom. The minimum atomic E-state index is -1.64. The second-order valence-electron chi connectivity index (χ2n) is 20.6. The number of aliphatic carboxylic acids is 1. The second-order valence-corrected chi connectivity index (χ2v) is 20.6. The van der Waals surface area contributed by atoms with Crippen LogP contribution in [-0.4, -0.2) is 165 Å². The van der Waals surface area contributed by atoms with E-state index >= 15 is 0 Å². The van der Waals surface area contributed by atoms with Crippen molar-refractivity contribution in [2.45, 2.75) is 139 Å². The highest BCUT2D eigenvalue weighted by atomic mass is 16.4. The largest absolute Gasteiger partial charge is 0.481 e. The lowest BCUT2D eigenvalue weighted by Gasteiger charge is -2.30. The van der Waals surface area contributed by atoms with Crippen LogP contribution in [0.1, 0.15) is 88.5 Å². The maximum atomic E-state index is 14.7. The number of unbranched alkanes of at least 4 members (excludes halogenated alkanes) is 1. The molecule has 28 heteroatoms. The van der Waals surface area contributed by atoms with E-state index < -0.39 is 120 Å². The van der Waals surface area contributed by atoms with E-state index in [-0.39, 0.29) is 69.9 Å². The number of hydrogen-bond acceptors (Lipinski definition) is 14. The third kappa shape index (κ3) is 20.5. The Bertz CT molecular complexity index is 2920. The molecule has 450 valence electrons. The number of likely N-dealkylation sites (tertiary alicyclic amines) is 1. The number of hydrogen-bond donors (Lipinski definition) is 15. The van der Waals surface area contributed by atoms with Crippen LogP contribution in [0.5, 0.6) is 0 Å². The quantitative estimate of drug-likeness (QED) is 0.0130. The molecule has 0 radical (unpaired) electrons. The number of primary amides is 1. The predicted octanol–water partition coefficient (Wildman–Crippen LogP) is -2.55. The molecule has 4 aromatic rings. The smallest absolute Gasteiger partial charge is 0.303 e. The summed E-state index contributed by atoms with van der Waals surface area (Å²) in [6, 6.07) is 5.17. The fourth-order valence-electron chi connectivity index (χ4n) is 9.43. The normalized spacial score (nSPS) is 15.7. The Morgan fingerprint density at radius 2 is 1.42 bits per heavy atom. The van der Waals surface area contributed by atoms with Gasteiger partial charge in [-0.2, -0.15) is 0 Å². The summed E-state index contributed by atoms with van der Waals surface area (Å²) < 4.78 is 8.76. The summed E-state index contributed by atoms with van der Waals surface area (Å²) in [6.07, 6.45) is 4.72. The van der Waals surface area contributed by atoms with Gasteiger partial charge in [0, 0.05) is 67.8 Å². The second kappa shape index (κ2) is 32.5.